The Balaban J connectivity index is 1.07. The third kappa shape index (κ3) is 7.93. The molecule has 0 heterocycles. The molecule has 0 atom stereocenters. The molecule has 0 aliphatic rings. The maximum absolute atomic E-state index is 9.10. The van der Waals surface area contributed by atoms with Crippen LogP contribution in [-0.4, -0.2) is 0 Å². The molecule has 0 radical (unpaired) electrons. The number of unbranched alkanes of at least 4 members (excludes halogenated alkanes) is 6. The summed E-state index contributed by atoms with van der Waals surface area (Å²) in [7, 11) is 0. The standard InChI is InChI=1S/C35H34N2/c36-26-30-12-8-14-34(24-30)32-20-16-28(17-21-32)10-6-4-2-1-3-5-7-11-29-18-22-33(23-19-29)35-15-9-13-31(25-35)27-37/h8-9,12-25H,1-7,10-11H2. The third-order valence-corrected chi connectivity index (χ3v) is 6.99. The lowest BCUT2D eigenvalue weighted by Gasteiger charge is -2.06. The molecule has 4 aromatic rings. The molecule has 0 N–H and O–H groups in total. The number of benzene rings is 4. The highest BCUT2D eigenvalue weighted by molar-refractivity contribution is 5.66. The number of hydrogen-bond acceptors (Lipinski definition) is 2. The van der Waals surface area contributed by atoms with Gasteiger partial charge in [0.25, 0.3) is 0 Å². The van der Waals surface area contributed by atoms with Crippen LogP contribution in [0.1, 0.15) is 67.2 Å². The van der Waals surface area contributed by atoms with E-state index in [0.29, 0.717) is 11.1 Å². The predicted octanol–water partition coefficient (Wildman–Crippen LogP) is 9.28. The van der Waals surface area contributed by atoms with Crippen molar-refractivity contribution < 1.29 is 0 Å². The lowest BCUT2D eigenvalue weighted by molar-refractivity contribution is 0.579. The molecule has 0 saturated carbocycles. The van der Waals surface area contributed by atoms with Crippen molar-refractivity contribution in [2.45, 2.75) is 57.8 Å². The van der Waals surface area contributed by atoms with Gasteiger partial charge >= 0.3 is 0 Å². The number of nitriles is 2. The van der Waals surface area contributed by atoms with Crippen molar-refractivity contribution in [3.63, 3.8) is 0 Å². The molecule has 0 aromatic heterocycles. The zero-order valence-electron chi connectivity index (χ0n) is 21.5. The largest absolute Gasteiger partial charge is 0.192 e. The Morgan fingerprint density at radius 3 is 1.16 bits per heavy atom. The molecular formula is C35H34N2. The SMILES string of the molecule is N#Cc1cccc(-c2ccc(CCCCCCCCCc3ccc(-c4cccc(C#N)c4)cc3)cc2)c1. The van der Waals surface area contributed by atoms with Gasteiger partial charge in [0.1, 0.15) is 0 Å². The van der Waals surface area contributed by atoms with E-state index < -0.39 is 0 Å². The molecule has 0 unspecified atom stereocenters. The fourth-order valence-electron chi connectivity index (χ4n) is 4.81. The van der Waals surface area contributed by atoms with Crippen LogP contribution in [0.25, 0.3) is 22.3 Å². The van der Waals surface area contributed by atoms with Gasteiger partial charge in [0.2, 0.25) is 0 Å². The van der Waals surface area contributed by atoms with E-state index in [-0.39, 0.29) is 0 Å². The van der Waals surface area contributed by atoms with Crippen LogP contribution in [0.3, 0.4) is 0 Å². The molecule has 0 saturated heterocycles. The maximum atomic E-state index is 9.10. The fraction of sp³-hybridized carbons (Fsp3) is 0.257. The van der Waals surface area contributed by atoms with Crippen LogP contribution in [0.15, 0.2) is 97.1 Å². The average molecular weight is 483 g/mol. The normalized spacial score (nSPS) is 10.5. The molecule has 2 heteroatoms. The summed E-state index contributed by atoms with van der Waals surface area (Å²) in [6.45, 7) is 0. The summed E-state index contributed by atoms with van der Waals surface area (Å²) < 4.78 is 0. The van der Waals surface area contributed by atoms with Gasteiger partial charge < -0.3 is 0 Å². The second-order valence-corrected chi connectivity index (χ2v) is 9.75. The number of rotatable bonds is 12. The van der Waals surface area contributed by atoms with Crippen LogP contribution in [0, 0.1) is 22.7 Å². The minimum absolute atomic E-state index is 0.704. The Morgan fingerprint density at radius 2 is 0.784 bits per heavy atom. The van der Waals surface area contributed by atoms with Crippen LogP contribution in [0.4, 0.5) is 0 Å². The molecule has 4 aromatic carbocycles. The summed E-state index contributed by atoms with van der Waals surface area (Å²) in [6, 6.07) is 37.6. The van der Waals surface area contributed by atoms with Gasteiger partial charge in [0, 0.05) is 0 Å². The minimum atomic E-state index is 0.704. The second kappa shape index (κ2) is 13.8. The summed E-state index contributed by atoms with van der Waals surface area (Å²) in [5, 5.41) is 18.2. The Kier molecular flexibility index (Phi) is 9.69. The van der Waals surface area contributed by atoms with E-state index in [2.05, 4.69) is 72.8 Å². The molecule has 0 amide bonds. The topological polar surface area (TPSA) is 47.6 Å². The van der Waals surface area contributed by atoms with Crippen LogP contribution in [-0.2, 0) is 12.8 Å². The molecular weight excluding hydrogens is 448 g/mol. The van der Waals surface area contributed by atoms with Crippen LogP contribution in [0.5, 0.6) is 0 Å². The van der Waals surface area contributed by atoms with E-state index in [0.717, 1.165) is 24.0 Å². The zero-order chi connectivity index (χ0) is 25.7. The highest BCUT2D eigenvalue weighted by Gasteiger charge is 2.02. The first-order valence-corrected chi connectivity index (χ1v) is 13.4. The lowest BCUT2D eigenvalue weighted by Crippen LogP contribution is -1.89. The second-order valence-electron chi connectivity index (χ2n) is 9.75. The lowest BCUT2D eigenvalue weighted by atomic mass is 9.99. The van der Waals surface area contributed by atoms with Gasteiger partial charge in [-0.15, -0.1) is 0 Å². The van der Waals surface area contributed by atoms with Crippen molar-refractivity contribution in [1.29, 1.82) is 10.5 Å². The van der Waals surface area contributed by atoms with Gasteiger partial charge in [-0.05, 0) is 83.3 Å². The van der Waals surface area contributed by atoms with Crippen molar-refractivity contribution in [3.05, 3.63) is 119 Å². The average Bonchev–Trinajstić information content (AvgIpc) is 2.97. The Labute approximate surface area is 221 Å². The fourth-order valence-corrected chi connectivity index (χ4v) is 4.81. The van der Waals surface area contributed by atoms with Crippen molar-refractivity contribution in [2.24, 2.45) is 0 Å². The molecule has 0 fully saturated rings. The van der Waals surface area contributed by atoms with Crippen molar-refractivity contribution in [2.75, 3.05) is 0 Å². The molecule has 4 rings (SSSR count). The summed E-state index contributed by atoms with van der Waals surface area (Å²) in [5.41, 5.74) is 8.73. The molecule has 0 aliphatic carbocycles. The molecule has 184 valence electrons. The van der Waals surface area contributed by atoms with E-state index in [1.807, 2.05) is 36.4 Å². The minimum Gasteiger partial charge on any atom is -0.192 e. The van der Waals surface area contributed by atoms with Gasteiger partial charge in [-0.1, -0.05) is 105 Å². The van der Waals surface area contributed by atoms with Gasteiger partial charge in [-0.25, -0.2) is 0 Å². The quantitative estimate of drug-likeness (QED) is 0.189. The summed E-state index contributed by atoms with van der Waals surface area (Å²) in [6.07, 6.45) is 11.3. The van der Waals surface area contributed by atoms with E-state index in [4.69, 9.17) is 10.5 Å². The van der Waals surface area contributed by atoms with Crippen molar-refractivity contribution in [1.82, 2.24) is 0 Å². The monoisotopic (exact) mass is 482 g/mol. The zero-order valence-corrected chi connectivity index (χ0v) is 21.5. The van der Waals surface area contributed by atoms with Gasteiger partial charge in [-0.2, -0.15) is 10.5 Å². The molecule has 37 heavy (non-hydrogen) atoms. The number of aryl methyl sites for hydroxylation is 2. The summed E-state index contributed by atoms with van der Waals surface area (Å²) >= 11 is 0. The molecule has 2 nitrogen and oxygen atoms in total. The van der Waals surface area contributed by atoms with Crippen LogP contribution < -0.4 is 0 Å². The van der Waals surface area contributed by atoms with Crippen molar-refractivity contribution >= 4 is 0 Å². The Hall–Kier alpha value is -4.14. The Morgan fingerprint density at radius 1 is 0.405 bits per heavy atom. The summed E-state index contributed by atoms with van der Waals surface area (Å²) in [4.78, 5) is 0. The first-order valence-electron chi connectivity index (χ1n) is 13.4. The highest BCUT2D eigenvalue weighted by atomic mass is 14.2. The molecule has 0 spiro atoms. The van der Waals surface area contributed by atoms with Crippen molar-refractivity contribution in [3.8, 4) is 34.4 Å². The smallest absolute Gasteiger partial charge is 0.0991 e. The first kappa shape index (κ1) is 25.9. The Bertz CT molecular complexity index is 1250. The third-order valence-electron chi connectivity index (χ3n) is 6.99. The maximum Gasteiger partial charge on any atom is 0.0991 e. The number of nitrogens with zero attached hydrogens (tertiary/aromatic N) is 2. The van der Waals surface area contributed by atoms with E-state index in [1.165, 1.54) is 67.2 Å². The van der Waals surface area contributed by atoms with Gasteiger partial charge in [0.15, 0.2) is 0 Å². The predicted molar refractivity (Wildman–Crippen MR) is 153 cm³/mol. The van der Waals surface area contributed by atoms with Gasteiger partial charge in [-0.3, -0.25) is 0 Å². The van der Waals surface area contributed by atoms with Gasteiger partial charge in [0.05, 0.1) is 23.3 Å². The highest BCUT2D eigenvalue weighted by Crippen LogP contribution is 2.23. The molecule has 0 aliphatic heterocycles. The van der Waals surface area contributed by atoms with E-state index >= 15 is 0 Å². The first-order chi connectivity index (χ1) is 18.2. The van der Waals surface area contributed by atoms with Crippen LogP contribution in [0.2, 0.25) is 0 Å². The summed E-state index contributed by atoms with van der Waals surface area (Å²) in [5.74, 6) is 0. The molecule has 0 bridgehead atoms. The number of hydrogen-bond donors (Lipinski definition) is 0. The van der Waals surface area contributed by atoms with E-state index in [9.17, 15) is 0 Å². The van der Waals surface area contributed by atoms with E-state index in [1.54, 1.807) is 0 Å². The van der Waals surface area contributed by atoms with Crippen LogP contribution >= 0.6 is 0 Å².